The van der Waals surface area contributed by atoms with Gasteiger partial charge in [-0.3, -0.25) is 4.79 Å². The Bertz CT molecular complexity index is 1370. The summed E-state index contributed by atoms with van der Waals surface area (Å²) in [6.07, 6.45) is -5.43. The number of ether oxygens (including phenoxy) is 10. The molecule has 10 atom stereocenters. The van der Waals surface area contributed by atoms with E-state index >= 15 is 0 Å². The lowest BCUT2D eigenvalue weighted by Gasteiger charge is -2.48. The number of aliphatic hydroxyl groups excluding tert-OH is 1. The molecule has 13 nitrogen and oxygen atoms in total. The SMILES string of the molecule is COc1cc([C@@H]2c3cc4c(cc3[C@@H](OC3O[C@@H]5CO[C@@H](C)O[C@H]5[C@H](O)[C@H]3OC)[C@H]3COC(=O)[C@H]23)OCO4)cc(OC)c1O. The highest BCUT2D eigenvalue weighted by atomic mass is 16.8. The van der Waals surface area contributed by atoms with Gasteiger partial charge in [-0.15, -0.1) is 0 Å². The van der Waals surface area contributed by atoms with Crippen molar-refractivity contribution in [3.63, 3.8) is 0 Å². The number of carbonyl (C=O) groups excluding carboxylic acids is 1. The summed E-state index contributed by atoms with van der Waals surface area (Å²) in [4.78, 5) is 13.5. The number of rotatable bonds is 6. The first-order valence-corrected chi connectivity index (χ1v) is 14.2. The number of carbonyl (C=O) groups is 1. The fraction of sp³-hybridized carbons (Fsp3) is 0.567. The van der Waals surface area contributed by atoms with Gasteiger partial charge in [-0.05, 0) is 47.9 Å². The molecule has 0 bridgehead atoms. The van der Waals surface area contributed by atoms with Crippen molar-refractivity contribution in [1.29, 1.82) is 0 Å². The molecular weight excluding hydrogens is 568 g/mol. The fourth-order valence-electron chi connectivity index (χ4n) is 6.97. The van der Waals surface area contributed by atoms with Crippen molar-refractivity contribution in [1.82, 2.24) is 0 Å². The van der Waals surface area contributed by atoms with Gasteiger partial charge < -0.3 is 57.6 Å². The quantitative estimate of drug-likeness (QED) is 0.465. The molecule has 4 heterocycles. The van der Waals surface area contributed by atoms with Crippen LogP contribution in [0.15, 0.2) is 24.3 Å². The molecule has 43 heavy (non-hydrogen) atoms. The number of phenols is 1. The molecular formula is C30H34O13. The molecule has 1 unspecified atom stereocenters. The first-order valence-electron chi connectivity index (χ1n) is 14.2. The van der Waals surface area contributed by atoms with E-state index in [1.165, 1.54) is 21.3 Å². The zero-order valence-electron chi connectivity index (χ0n) is 24.1. The van der Waals surface area contributed by atoms with Gasteiger partial charge in [-0.25, -0.2) is 0 Å². The Hall–Kier alpha value is -3.33. The Morgan fingerprint density at radius 3 is 2.28 bits per heavy atom. The van der Waals surface area contributed by atoms with Gasteiger partial charge in [-0.2, -0.15) is 0 Å². The third kappa shape index (κ3) is 4.57. The third-order valence-electron chi connectivity index (χ3n) is 8.99. The minimum atomic E-state index is -1.05. The van der Waals surface area contributed by atoms with Crippen molar-refractivity contribution >= 4 is 5.97 Å². The summed E-state index contributed by atoms with van der Waals surface area (Å²) in [5.41, 5.74) is 2.15. The molecule has 232 valence electrons. The molecule has 0 spiro atoms. The predicted molar refractivity (Wildman–Crippen MR) is 143 cm³/mol. The highest BCUT2D eigenvalue weighted by Crippen LogP contribution is 2.57. The van der Waals surface area contributed by atoms with Crippen LogP contribution in [-0.2, 0) is 33.2 Å². The minimum Gasteiger partial charge on any atom is -0.502 e. The second-order valence-electron chi connectivity index (χ2n) is 11.2. The molecule has 3 saturated heterocycles. The number of hydrogen-bond acceptors (Lipinski definition) is 13. The Labute approximate surface area is 247 Å². The number of esters is 1. The molecule has 0 saturated carbocycles. The molecule has 0 radical (unpaired) electrons. The van der Waals surface area contributed by atoms with Crippen LogP contribution in [0.1, 0.15) is 35.6 Å². The molecule has 2 aromatic rings. The number of cyclic esters (lactones) is 1. The smallest absolute Gasteiger partial charge is 0.310 e. The molecule has 13 heteroatoms. The van der Waals surface area contributed by atoms with Crippen LogP contribution in [0.2, 0.25) is 0 Å². The topological polar surface area (TPSA) is 150 Å². The first kappa shape index (κ1) is 28.4. The van der Waals surface area contributed by atoms with Crippen molar-refractivity contribution in [2.45, 2.75) is 55.9 Å². The molecule has 5 aliphatic rings. The van der Waals surface area contributed by atoms with Crippen LogP contribution in [0, 0.1) is 11.8 Å². The molecule has 4 aliphatic heterocycles. The van der Waals surface area contributed by atoms with E-state index in [0.29, 0.717) is 17.1 Å². The summed E-state index contributed by atoms with van der Waals surface area (Å²) in [7, 11) is 4.36. The monoisotopic (exact) mass is 602 g/mol. The van der Waals surface area contributed by atoms with E-state index in [4.69, 9.17) is 47.4 Å². The highest BCUT2D eigenvalue weighted by molar-refractivity contribution is 5.79. The van der Waals surface area contributed by atoms with Crippen molar-refractivity contribution in [2.24, 2.45) is 11.8 Å². The Balaban J connectivity index is 1.33. The van der Waals surface area contributed by atoms with Crippen LogP contribution < -0.4 is 18.9 Å². The number of phenolic OH excluding ortho intramolecular Hbond substituents is 1. The molecule has 2 aromatic carbocycles. The van der Waals surface area contributed by atoms with Crippen molar-refractivity contribution < 1.29 is 62.4 Å². The van der Waals surface area contributed by atoms with E-state index < -0.39 is 66.8 Å². The number of aromatic hydroxyl groups is 1. The lowest BCUT2D eigenvalue weighted by Crippen LogP contribution is -2.63. The Morgan fingerprint density at radius 2 is 1.60 bits per heavy atom. The number of benzene rings is 2. The summed E-state index contributed by atoms with van der Waals surface area (Å²) >= 11 is 0. The average molecular weight is 603 g/mol. The van der Waals surface area contributed by atoms with E-state index in [-0.39, 0.29) is 37.3 Å². The van der Waals surface area contributed by atoms with Crippen molar-refractivity contribution in [3.8, 4) is 28.7 Å². The van der Waals surface area contributed by atoms with Crippen molar-refractivity contribution in [2.75, 3.05) is 41.3 Å². The second kappa shape index (κ2) is 11.0. The zero-order valence-corrected chi connectivity index (χ0v) is 24.1. The number of methoxy groups -OCH3 is 3. The maximum absolute atomic E-state index is 13.5. The minimum absolute atomic E-state index is 0.0509. The maximum Gasteiger partial charge on any atom is 0.310 e. The molecule has 0 aromatic heterocycles. The van der Waals surface area contributed by atoms with Crippen LogP contribution in [0.25, 0.3) is 0 Å². The molecule has 1 aliphatic carbocycles. The molecule has 2 N–H and O–H groups in total. The van der Waals surface area contributed by atoms with Crippen LogP contribution in [0.5, 0.6) is 28.7 Å². The van der Waals surface area contributed by atoms with Gasteiger partial charge in [0.15, 0.2) is 35.6 Å². The largest absolute Gasteiger partial charge is 0.502 e. The summed E-state index contributed by atoms with van der Waals surface area (Å²) in [5, 5.41) is 21.8. The summed E-state index contributed by atoms with van der Waals surface area (Å²) in [5.74, 6) is -0.748. The van der Waals surface area contributed by atoms with Gasteiger partial charge in [0.1, 0.15) is 24.4 Å². The average Bonchev–Trinajstić information content (AvgIpc) is 3.63. The predicted octanol–water partition coefficient (Wildman–Crippen LogP) is 1.99. The first-order chi connectivity index (χ1) is 20.8. The lowest BCUT2D eigenvalue weighted by molar-refractivity contribution is -0.367. The van der Waals surface area contributed by atoms with E-state index in [0.717, 1.165) is 11.1 Å². The standard InChI is InChI=1S/C30H34O13/c1-12-37-10-21-27(41-12)25(32)28(36-4)30(42-21)43-26-15-8-18-17(39-11-40-18)7-14(15)22(23-16(26)9-38-29(23)33)13-5-19(34-2)24(31)20(6-13)35-3/h5-8,12,16,21-23,25-28,30-32H,9-11H2,1-4H3/t12-,16+,21-,22-,23+,25+,26-,27-,28-,30?/m1/s1. The van der Waals surface area contributed by atoms with E-state index in [2.05, 4.69) is 0 Å². The lowest BCUT2D eigenvalue weighted by atomic mass is 9.66. The van der Waals surface area contributed by atoms with Crippen LogP contribution in [0.4, 0.5) is 0 Å². The van der Waals surface area contributed by atoms with E-state index in [9.17, 15) is 15.0 Å². The van der Waals surface area contributed by atoms with Crippen LogP contribution in [0.3, 0.4) is 0 Å². The van der Waals surface area contributed by atoms with Crippen LogP contribution in [-0.4, -0.2) is 94.5 Å². The molecule has 0 amide bonds. The zero-order chi connectivity index (χ0) is 30.0. The van der Waals surface area contributed by atoms with Gasteiger partial charge in [0.05, 0.1) is 39.5 Å². The van der Waals surface area contributed by atoms with E-state index in [1.54, 1.807) is 19.1 Å². The summed E-state index contributed by atoms with van der Waals surface area (Å²) < 4.78 is 58.0. The van der Waals surface area contributed by atoms with Crippen LogP contribution >= 0.6 is 0 Å². The van der Waals surface area contributed by atoms with Gasteiger partial charge in [0, 0.05) is 18.9 Å². The highest BCUT2D eigenvalue weighted by Gasteiger charge is 2.56. The second-order valence-corrected chi connectivity index (χ2v) is 11.2. The Kier molecular flexibility index (Phi) is 7.27. The summed E-state index contributed by atoms with van der Waals surface area (Å²) in [6.45, 7) is 2.10. The van der Waals surface area contributed by atoms with Gasteiger partial charge in [0.2, 0.25) is 12.5 Å². The van der Waals surface area contributed by atoms with Gasteiger partial charge in [0.25, 0.3) is 0 Å². The van der Waals surface area contributed by atoms with Crippen molar-refractivity contribution in [3.05, 3.63) is 41.0 Å². The summed E-state index contributed by atoms with van der Waals surface area (Å²) in [6, 6.07) is 7.07. The number of hydrogen-bond donors (Lipinski definition) is 2. The van der Waals surface area contributed by atoms with Gasteiger partial charge in [-0.1, -0.05) is 0 Å². The third-order valence-corrected chi connectivity index (χ3v) is 8.99. The normalized spacial score (nSPS) is 35.9. The molecule has 7 rings (SSSR count). The maximum atomic E-state index is 13.5. The molecule has 3 fully saturated rings. The number of aliphatic hydroxyl groups is 1. The fourth-order valence-corrected chi connectivity index (χ4v) is 6.97. The van der Waals surface area contributed by atoms with Gasteiger partial charge >= 0.3 is 5.97 Å². The van der Waals surface area contributed by atoms with E-state index in [1.807, 2.05) is 12.1 Å². The Morgan fingerprint density at radius 1 is 0.907 bits per heavy atom. The number of fused-ring (bicyclic) bond motifs is 4.